The lowest BCUT2D eigenvalue weighted by Crippen LogP contribution is -2.57. The molecule has 2 fully saturated rings. The van der Waals surface area contributed by atoms with Gasteiger partial charge in [-0.25, -0.2) is 4.79 Å². The highest BCUT2D eigenvalue weighted by molar-refractivity contribution is 6.38. The molecule has 0 aromatic heterocycles. The lowest BCUT2D eigenvalue weighted by Gasteiger charge is -2.35. The summed E-state index contributed by atoms with van der Waals surface area (Å²) in [6.07, 6.45) is 4.15. The number of likely N-dealkylation sites (tertiary alicyclic amines) is 1. The van der Waals surface area contributed by atoms with E-state index in [1.807, 2.05) is 53.7 Å². The molecule has 1 aromatic carbocycles. The van der Waals surface area contributed by atoms with Crippen molar-refractivity contribution in [3.05, 3.63) is 28.8 Å². The number of Topliss-reactive ketones (excluding diaryl/α,β-unsaturated/α-hetero) is 3. The smallest absolute Gasteiger partial charge is 0.408 e. The van der Waals surface area contributed by atoms with Crippen molar-refractivity contribution >= 4 is 35.1 Å². The van der Waals surface area contributed by atoms with Crippen LogP contribution in [0.1, 0.15) is 116 Å². The van der Waals surface area contributed by atoms with Gasteiger partial charge < -0.3 is 24.5 Å². The first-order valence-corrected chi connectivity index (χ1v) is 17.4. The molecule has 1 saturated carbocycles. The van der Waals surface area contributed by atoms with E-state index in [1.165, 1.54) is 4.90 Å². The summed E-state index contributed by atoms with van der Waals surface area (Å²) in [7, 11) is 1.63. The lowest BCUT2D eigenvalue weighted by atomic mass is 9.84. The van der Waals surface area contributed by atoms with E-state index in [-0.39, 0.29) is 37.7 Å². The van der Waals surface area contributed by atoms with Crippen molar-refractivity contribution in [1.82, 2.24) is 10.2 Å². The van der Waals surface area contributed by atoms with E-state index < -0.39 is 52.6 Å². The van der Waals surface area contributed by atoms with Gasteiger partial charge in [-0.1, -0.05) is 46.2 Å². The number of amides is 2. The number of aryl methyl sites for hydroxylation is 2. The number of nitrogens with zero attached hydrogens (tertiary/aromatic N) is 2. The molecule has 0 radical (unpaired) electrons. The summed E-state index contributed by atoms with van der Waals surface area (Å²) in [6.45, 7) is 13.1. The Hall–Kier alpha value is -3.76. The van der Waals surface area contributed by atoms with E-state index in [0.717, 1.165) is 48.1 Å². The second-order valence-corrected chi connectivity index (χ2v) is 14.9. The molecule has 1 N–H and O–H groups in total. The third-order valence-corrected chi connectivity index (χ3v) is 9.89. The number of hydrogen-bond acceptors (Lipinski definition) is 9. The molecule has 4 atom stereocenters. The van der Waals surface area contributed by atoms with E-state index in [0.29, 0.717) is 25.0 Å². The molecule has 2 amide bonds. The zero-order valence-corrected chi connectivity index (χ0v) is 29.9. The number of nitrogens with one attached hydrogen (secondary N) is 1. The summed E-state index contributed by atoms with van der Waals surface area (Å²) in [5.41, 5.74) is 1.75. The van der Waals surface area contributed by atoms with E-state index in [1.54, 1.807) is 14.0 Å². The van der Waals surface area contributed by atoms with Crippen LogP contribution in [-0.4, -0.2) is 77.4 Å². The molecule has 1 spiro atoms. The maximum atomic E-state index is 14.5. The van der Waals surface area contributed by atoms with Gasteiger partial charge in [-0.3, -0.25) is 19.2 Å². The number of rotatable bonds is 13. The van der Waals surface area contributed by atoms with Gasteiger partial charge in [-0.05, 0) is 74.6 Å². The Morgan fingerprint density at radius 3 is 2.29 bits per heavy atom. The lowest BCUT2D eigenvalue weighted by molar-refractivity contribution is -0.143. The molecule has 2 heterocycles. The van der Waals surface area contributed by atoms with Crippen LogP contribution in [0.5, 0.6) is 5.75 Å². The van der Waals surface area contributed by atoms with Gasteiger partial charge in [0, 0.05) is 37.2 Å². The van der Waals surface area contributed by atoms with Crippen LogP contribution in [0.2, 0.25) is 0 Å². The quantitative estimate of drug-likeness (QED) is 0.261. The topological polar surface area (TPSA) is 141 Å². The average molecular weight is 668 g/mol. The fourth-order valence-corrected chi connectivity index (χ4v) is 7.36. The third-order valence-electron chi connectivity index (χ3n) is 9.89. The largest absolute Gasteiger partial charge is 0.496 e. The standard InChI is InChI=1S/C37H53N3O8/c1-9-13-24(31(43)29(41)10-2)18-30(42)28-20-37(19-27(39-48-37)25-16-22(3)32(46-8)23(4)17-25)21-40(28)34(44)33(36(5,6)7)38-35(45)47-26-14-11-12-15-26/h16-17,24,26,28,33H,9-15,18-21H2,1-8H3,(H,38,45)/t24?,28-,33+,37+/m0/s1. The number of ketones is 3. The van der Waals surface area contributed by atoms with Crippen LogP contribution in [0.25, 0.3) is 0 Å². The minimum absolute atomic E-state index is 0.0651. The molecule has 1 aromatic rings. The van der Waals surface area contributed by atoms with Gasteiger partial charge in [-0.2, -0.15) is 0 Å². The van der Waals surface area contributed by atoms with Crippen molar-refractivity contribution < 1.29 is 38.3 Å². The van der Waals surface area contributed by atoms with Gasteiger partial charge in [0.2, 0.25) is 11.7 Å². The first kappa shape index (κ1) is 37.1. The first-order valence-electron chi connectivity index (χ1n) is 17.4. The number of hydrogen-bond donors (Lipinski definition) is 1. The minimum Gasteiger partial charge on any atom is -0.496 e. The van der Waals surface area contributed by atoms with Crippen LogP contribution in [0.3, 0.4) is 0 Å². The molecule has 2 aliphatic heterocycles. The van der Waals surface area contributed by atoms with Crippen molar-refractivity contribution in [1.29, 1.82) is 0 Å². The van der Waals surface area contributed by atoms with Crippen LogP contribution in [0, 0.1) is 25.2 Å². The number of oxime groups is 1. The van der Waals surface area contributed by atoms with Crippen LogP contribution < -0.4 is 10.1 Å². The molecule has 11 nitrogen and oxygen atoms in total. The molecule has 1 aliphatic carbocycles. The Balaban J connectivity index is 1.63. The predicted molar refractivity (Wildman–Crippen MR) is 181 cm³/mol. The SMILES string of the molecule is CCCC(CC(=O)[C@@H]1C[C@]2(CC(c3cc(C)c(OC)c(C)c3)=NO2)CN1C(=O)[C@@H](NC(=O)OC1CCCC1)C(C)(C)C)C(=O)C(=O)CC. The molecular weight excluding hydrogens is 614 g/mol. The number of alkyl carbamates (subject to hydrolysis) is 1. The maximum Gasteiger partial charge on any atom is 0.408 e. The highest BCUT2D eigenvalue weighted by Gasteiger charge is 2.55. The summed E-state index contributed by atoms with van der Waals surface area (Å²) < 4.78 is 11.2. The summed E-state index contributed by atoms with van der Waals surface area (Å²) in [5, 5.41) is 7.27. The number of methoxy groups -OCH3 is 1. The van der Waals surface area contributed by atoms with Crippen molar-refractivity contribution in [2.45, 2.75) is 136 Å². The molecule has 48 heavy (non-hydrogen) atoms. The van der Waals surface area contributed by atoms with Crippen molar-refractivity contribution in [3.8, 4) is 5.75 Å². The molecule has 3 aliphatic rings. The zero-order valence-electron chi connectivity index (χ0n) is 29.9. The molecular formula is C37H53N3O8. The molecule has 0 bridgehead atoms. The van der Waals surface area contributed by atoms with E-state index >= 15 is 0 Å². The van der Waals surface area contributed by atoms with E-state index in [2.05, 4.69) is 10.5 Å². The predicted octanol–water partition coefficient (Wildman–Crippen LogP) is 5.78. The first-order chi connectivity index (χ1) is 22.6. The summed E-state index contributed by atoms with van der Waals surface area (Å²) >= 11 is 0. The van der Waals surface area contributed by atoms with Gasteiger partial charge >= 0.3 is 6.09 Å². The third kappa shape index (κ3) is 8.26. The van der Waals surface area contributed by atoms with Gasteiger partial charge in [0.25, 0.3) is 0 Å². The van der Waals surface area contributed by atoms with Gasteiger partial charge in [0.05, 0.1) is 25.4 Å². The average Bonchev–Trinajstić information content (AvgIpc) is 3.78. The normalized spacial score (nSPS) is 22.2. The number of ether oxygens (including phenoxy) is 2. The van der Waals surface area contributed by atoms with Crippen LogP contribution in [0.15, 0.2) is 17.3 Å². The number of carbonyl (C=O) groups is 5. The fraction of sp³-hybridized carbons (Fsp3) is 0.676. The van der Waals surface area contributed by atoms with Crippen molar-refractivity contribution in [3.63, 3.8) is 0 Å². The maximum absolute atomic E-state index is 14.5. The number of carbonyl (C=O) groups excluding carboxylic acids is 5. The van der Waals surface area contributed by atoms with Crippen molar-refractivity contribution in [2.24, 2.45) is 16.5 Å². The van der Waals surface area contributed by atoms with Crippen LogP contribution >= 0.6 is 0 Å². The monoisotopic (exact) mass is 667 g/mol. The minimum atomic E-state index is -1.000. The zero-order chi connectivity index (χ0) is 35.4. The van der Waals surface area contributed by atoms with Crippen LogP contribution in [-0.2, 0) is 28.8 Å². The summed E-state index contributed by atoms with van der Waals surface area (Å²) in [5.74, 6) is -1.76. The Labute approximate surface area is 284 Å². The highest BCUT2D eigenvalue weighted by Crippen LogP contribution is 2.41. The van der Waals surface area contributed by atoms with Crippen molar-refractivity contribution in [2.75, 3.05) is 13.7 Å². The highest BCUT2D eigenvalue weighted by atomic mass is 16.7. The molecule has 1 saturated heterocycles. The summed E-state index contributed by atoms with van der Waals surface area (Å²) in [4.78, 5) is 74.7. The Kier molecular flexibility index (Phi) is 11.7. The van der Waals surface area contributed by atoms with Gasteiger partial charge in [0.1, 0.15) is 17.9 Å². The van der Waals surface area contributed by atoms with Gasteiger partial charge in [-0.15, -0.1) is 0 Å². The van der Waals surface area contributed by atoms with E-state index in [4.69, 9.17) is 14.3 Å². The second-order valence-electron chi connectivity index (χ2n) is 14.9. The Bertz CT molecular complexity index is 1420. The molecule has 264 valence electrons. The molecule has 11 heteroatoms. The number of benzene rings is 1. The summed E-state index contributed by atoms with van der Waals surface area (Å²) in [6, 6.07) is 2.02. The van der Waals surface area contributed by atoms with E-state index in [9.17, 15) is 24.0 Å². The Morgan fingerprint density at radius 2 is 1.73 bits per heavy atom. The van der Waals surface area contributed by atoms with Gasteiger partial charge in [0.15, 0.2) is 17.2 Å². The second kappa shape index (κ2) is 15.2. The van der Waals surface area contributed by atoms with Crippen LogP contribution in [0.4, 0.5) is 4.79 Å². The molecule has 4 rings (SSSR count). The molecule has 1 unspecified atom stereocenters. The fourth-order valence-electron chi connectivity index (χ4n) is 7.36. The Morgan fingerprint density at radius 1 is 1.08 bits per heavy atom.